The van der Waals surface area contributed by atoms with Crippen LogP contribution in [-0.2, 0) is 23.8 Å². The second kappa shape index (κ2) is 10.1. The molecule has 5 rings (SSSR count). The number of carbonyl (C=O) groups is 2. The maximum atomic E-state index is 14.0. The third kappa shape index (κ3) is 4.71. The number of aryl methyl sites for hydroxylation is 1. The molecular formula is C26H23F3N4O4S. The number of thiophene rings is 1. The molecule has 1 aromatic carbocycles. The number of esters is 1. The zero-order chi connectivity index (χ0) is 27.0. The molecular weight excluding hydrogens is 521 g/mol. The lowest BCUT2D eigenvalue weighted by atomic mass is 9.95. The van der Waals surface area contributed by atoms with Crippen LogP contribution in [0.3, 0.4) is 0 Å². The summed E-state index contributed by atoms with van der Waals surface area (Å²) in [4.78, 5) is 31.5. The summed E-state index contributed by atoms with van der Waals surface area (Å²) in [6, 6.07) is 7.25. The van der Waals surface area contributed by atoms with E-state index in [1.54, 1.807) is 31.2 Å². The molecule has 1 amide bonds. The van der Waals surface area contributed by atoms with Gasteiger partial charge in [0.2, 0.25) is 0 Å². The van der Waals surface area contributed by atoms with Crippen LogP contribution in [-0.4, -0.2) is 40.2 Å². The topological polar surface area (TPSA) is 94.8 Å². The Labute approximate surface area is 219 Å². The van der Waals surface area contributed by atoms with Gasteiger partial charge in [-0.25, -0.2) is 14.3 Å². The van der Waals surface area contributed by atoms with Crippen LogP contribution in [0.15, 0.2) is 36.5 Å². The van der Waals surface area contributed by atoms with Crippen molar-refractivity contribution in [1.82, 2.24) is 14.6 Å². The van der Waals surface area contributed by atoms with Gasteiger partial charge in [0.15, 0.2) is 11.3 Å². The number of fused-ring (bicyclic) bond motifs is 2. The van der Waals surface area contributed by atoms with Crippen molar-refractivity contribution < 1.29 is 32.2 Å². The zero-order valence-corrected chi connectivity index (χ0v) is 21.3. The highest BCUT2D eigenvalue weighted by Crippen LogP contribution is 2.39. The van der Waals surface area contributed by atoms with E-state index >= 15 is 0 Å². The molecule has 0 fully saturated rings. The number of halogens is 3. The number of nitrogens with zero attached hydrogens (tertiary/aromatic N) is 3. The van der Waals surface area contributed by atoms with Crippen molar-refractivity contribution in [2.45, 2.75) is 38.8 Å². The minimum atomic E-state index is -4.76. The number of hydrogen-bond acceptors (Lipinski definition) is 7. The largest absolute Gasteiger partial charge is 0.497 e. The quantitative estimate of drug-likeness (QED) is 0.309. The fourth-order valence-corrected chi connectivity index (χ4v) is 5.75. The van der Waals surface area contributed by atoms with Crippen molar-refractivity contribution in [3.05, 3.63) is 63.8 Å². The number of methoxy groups -OCH3 is 1. The number of amides is 1. The fraction of sp³-hybridized carbons (Fsp3) is 0.308. The second-order valence-electron chi connectivity index (χ2n) is 8.64. The summed E-state index contributed by atoms with van der Waals surface area (Å²) in [5.41, 5.74) is 0.0800. The van der Waals surface area contributed by atoms with Crippen molar-refractivity contribution in [3.8, 4) is 17.0 Å². The van der Waals surface area contributed by atoms with Crippen LogP contribution in [0.2, 0.25) is 0 Å². The normalized spacial score (nSPS) is 13.3. The first-order valence-corrected chi connectivity index (χ1v) is 12.8. The molecule has 4 aromatic rings. The average molecular weight is 545 g/mol. The van der Waals surface area contributed by atoms with Gasteiger partial charge in [-0.1, -0.05) is 0 Å². The lowest BCUT2D eigenvalue weighted by molar-refractivity contribution is -0.142. The van der Waals surface area contributed by atoms with Crippen molar-refractivity contribution in [3.63, 3.8) is 0 Å². The molecule has 1 N–H and O–H groups in total. The number of carbonyl (C=O) groups excluding carboxylic acids is 2. The number of aromatic nitrogens is 3. The van der Waals surface area contributed by atoms with Crippen LogP contribution in [0.25, 0.3) is 16.9 Å². The first-order chi connectivity index (χ1) is 18.2. The average Bonchev–Trinajstić information content (AvgIpc) is 3.49. The van der Waals surface area contributed by atoms with Crippen molar-refractivity contribution in [2.75, 3.05) is 19.0 Å². The number of rotatable bonds is 6. The van der Waals surface area contributed by atoms with Crippen molar-refractivity contribution in [2.24, 2.45) is 0 Å². The summed E-state index contributed by atoms with van der Waals surface area (Å²) in [6.07, 6.45) is -0.366. The van der Waals surface area contributed by atoms with Crippen LogP contribution < -0.4 is 10.1 Å². The first-order valence-electron chi connectivity index (χ1n) is 11.9. The van der Waals surface area contributed by atoms with Crippen molar-refractivity contribution in [1.29, 1.82) is 0 Å². The van der Waals surface area contributed by atoms with Gasteiger partial charge in [0.25, 0.3) is 5.91 Å². The SMILES string of the molecule is CCOC(=O)c1c(NC(=O)c2cnn3c(C(F)(F)F)cc(-c4ccc(OC)cc4)nc23)sc2c1CCCC2. The van der Waals surface area contributed by atoms with Gasteiger partial charge < -0.3 is 14.8 Å². The summed E-state index contributed by atoms with van der Waals surface area (Å²) in [5, 5.41) is 6.86. The summed E-state index contributed by atoms with van der Waals surface area (Å²) < 4.78 is 52.9. The number of anilines is 1. The Bertz CT molecular complexity index is 1530. The molecule has 3 heterocycles. The number of benzene rings is 1. The van der Waals surface area contributed by atoms with E-state index in [0.717, 1.165) is 42.0 Å². The molecule has 12 heteroatoms. The van der Waals surface area contributed by atoms with E-state index < -0.39 is 23.7 Å². The number of ether oxygens (including phenoxy) is 2. The lowest BCUT2D eigenvalue weighted by Gasteiger charge is -2.12. The Kier molecular flexibility index (Phi) is 6.82. The zero-order valence-electron chi connectivity index (χ0n) is 20.5. The lowest BCUT2D eigenvalue weighted by Crippen LogP contribution is -2.17. The molecule has 0 spiro atoms. The molecule has 198 valence electrons. The molecule has 0 radical (unpaired) electrons. The Balaban J connectivity index is 1.58. The van der Waals surface area contributed by atoms with Gasteiger partial charge >= 0.3 is 12.1 Å². The monoisotopic (exact) mass is 544 g/mol. The van der Waals surface area contributed by atoms with Gasteiger partial charge in [0.05, 0.1) is 31.2 Å². The minimum Gasteiger partial charge on any atom is -0.497 e. The Hall–Kier alpha value is -3.93. The summed E-state index contributed by atoms with van der Waals surface area (Å²) >= 11 is 1.29. The van der Waals surface area contributed by atoms with Gasteiger partial charge in [-0.3, -0.25) is 4.79 Å². The van der Waals surface area contributed by atoms with Gasteiger partial charge in [0.1, 0.15) is 16.3 Å². The third-order valence-electron chi connectivity index (χ3n) is 6.27. The second-order valence-corrected chi connectivity index (χ2v) is 9.74. The molecule has 0 unspecified atom stereocenters. The van der Waals surface area contributed by atoms with Gasteiger partial charge in [0, 0.05) is 10.4 Å². The highest BCUT2D eigenvalue weighted by atomic mass is 32.1. The van der Waals surface area contributed by atoms with Crippen LogP contribution in [0.4, 0.5) is 18.2 Å². The van der Waals surface area contributed by atoms with E-state index in [9.17, 15) is 22.8 Å². The maximum Gasteiger partial charge on any atom is 0.433 e. The van der Waals surface area contributed by atoms with Crippen molar-refractivity contribution >= 4 is 33.9 Å². The van der Waals surface area contributed by atoms with E-state index in [1.807, 2.05) is 0 Å². The summed E-state index contributed by atoms with van der Waals surface area (Å²) in [7, 11) is 1.48. The number of nitrogens with one attached hydrogen (secondary N) is 1. The molecule has 0 bridgehead atoms. The molecule has 0 atom stereocenters. The predicted octanol–water partition coefficient (Wildman–Crippen LogP) is 5.79. The van der Waals surface area contributed by atoms with Gasteiger partial charge in [-0.15, -0.1) is 11.3 Å². The van der Waals surface area contributed by atoms with E-state index in [0.29, 0.717) is 32.8 Å². The summed E-state index contributed by atoms with van der Waals surface area (Å²) in [5.74, 6) is -0.732. The van der Waals surface area contributed by atoms with Crippen LogP contribution in [0.1, 0.15) is 56.6 Å². The fourth-order valence-electron chi connectivity index (χ4n) is 4.48. The molecule has 1 aliphatic rings. The Morgan fingerprint density at radius 1 is 1.16 bits per heavy atom. The number of hydrogen-bond donors (Lipinski definition) is 1. The van der Waals surface area contributed by atoms with Gasteiger partial charge in [-0.2, -0.15) is 18.3 Å². The molecule has 3 aromatic heterocycles. The molecule has 0 saturated carbocycles. The summed E-state index contributed by atoms with van der Waals surface area (Å²) in [6.45, 7) is 1.86. The Morgan fingerprint density at radius 3 is 2.58 bits per heavy atom. The van der Waals surface area contributed by atoms with E-state index in [-0.39, 0.29) is 23.5 Å². The Morgan fingerprint density at radius 2 is 1.89 bits per heavy atom. The molecule has 38 heavy (non-hydrogen) atoms. The third-order valence-corrected chi connectivity index (χ3v) is 7.48. The van der Waals surface area contributed by atoms with E-state index in [2.05, 4.69) is 15.4 Å². The van der Waals surface area contributed by atoms with Crippen LogP contribution in [0, 0.1) is 0 Å². The molecule has 0 aliphatic heterocycles. The molecule has 8 nitrogen and oxygen atoms in total. The highest BCUT2D eigenvalue weighted by molar-refractivity contribution is 7.17. The standard InChI is InChI=1S/C26H23F3N4O4S/c1-3-37-25(35)21-16-6-4-5-7-19(16)38-24(21)32-23(34)17-13-30-33-20(26(27,28)29)12-18(31-22(17)33)14-8-10-15(36-2)11-9-14/h8-13H,3-7H2,1-2H3,(H,32,34). The maximum absolute atomic E-state index is 14.0. The number of alkyl halides is 3. The predicted molar refractivity (Wildman–Crippen MR) is 135 cm³/mol. The highest BCUT2D eigenvalue weighted by Gasteiger charge is 2.36. The van der Waals surface area contributed by atoms with Gasteiger partial charge in [-0.05, 0) is 68.5 Å². The molecule has 0 saturated heterocycles. The molecule has 1 aliphatic carbocycles. The van der Waals surface area contributed by atoms with E-state index in [1.165, 1.54) is 18.4 Å². The van der Waals surface area contributed by atoms with E-state index in [4.69, 9.17) is 9.47 Å². The van der Waals surface area contributed by atoms with Crippen LogP contribution >= 0.6 is 11.3 Å². The minimum absolute atomic E-state index is 0.0147. The smallest absolute Gasteiger partial charge is 0.433 e. The first kappa shape index (κ1) is 25.7. The van der Waals surface area contributed by atoms with Crippen LogP contribution in [0.5, 0.6) is 5.75 Å².